The Hall–Kier alpha value is -3.69. The van der Waals surface area contributed by atoms with Gasteiger partial charge >= 0.3 is 0 Å². The van der Waals surface area contributed by atoms with Gasteiger partial charge in [0.05, 0.1) is 24.2 Å². The van der Waals surface area contributed by atoms with E-state index in [0.29, 0.717) is 17.0 Å². The molecule has 0 bridgehead atoms. The minimum Gasteiger partial charge on any atom is -0.497 e. The van der Waals surface area contributed by atoms with Crippen LogP contribution in [0.2, 0.25) is 0 Å². The number of carbonyl (C=O) groups excluding carboxylic acids is 1. The molecule has 4 aromatic rings. The number of amides is 1. The molecule has 0 atom stereocenters. The van der Waals surface area contributed by atoms with Crippen molar-refractivity contribution in [2.75, 3.05) is 11.8 Å². The van der Waals surface area contributed by atoms with Crippen LogP contribution in [0.3, 0.4) is 0 Å². The van der Waals surface area contributed by atoms with Gasteiger partial charge in [0.1, 0.15) is 10.8 Å². The average Bonchev–Trinajstić information content (AvgIpc) is 3.33. The molecule has 7 nitrogen and oxygen atoms in total. The Balaban J connectivity index is 1.46. The quantitative estimate of drug-likeness (QED) is 0.365. The van der Waals surface area contributed by atoms with Crippen LogP contribution in [0.5, 0.6) is 5.75 Å². The van der Waals surface area contributed by atoms with Gasteiger partial charge in [-0.2, -0.15) is 0 Å². The molecule has 0 aliphatic heterocycles. The van der Waals surface area contributed by atoms with Gasteiger partial charge in [0.25, 0.3) is 15.9 Å². The number of rotatable bonds is 8. The second-order valence-electron chi connectivity index (χ2n) is 7.49. The normalized spacial score (nSPS) is 11.1. The highest BCUT2D eigenvalue weighted by Gasteiger charge is 2.19. The van der Waals surface area contributed by atoms with Crippen LogP contribution in [0.4, 0.5) is 5.69 Å². The minimum absolute atomic E-state index is 0.000296. The number of benzene rings is 3. The standard InChI is InChI=1S/C25H23N3O4S2/c1-17-8-13-21(34(30,31)28-19-9-11-20(32-2)12-10-19)14-22(17)25(29)26-15-24-27-23(16-33-24)18-6-4-3-5-7-18/h3-14,16,28H,15H2,1-2H3,(H,26,29). The Kier molecular flexibility index (Phi) is 6.95. The number of aryl methyl sites for hydroxylation is 1. The lowest BCUT2D eigenvalue weighted by atomic mass is 10.1. The number of hydrogen-bond donors (Lipinski definition) is 2. The van der Waals surface area contributed by atoms with Crippen LogP contribution in [0.1, 0.15) is 20.9 Å². The maximum atomic E-state index is 12.9. The largest absolute Gasteiger partial charge is 0.497 e. The molecule has 0 aliphatic carbocycles. The number of anilines is 1. The predicted molar refractivity (Wildman–Crippen MR) is 134 cm³/mol. The van der Waals surface area contributed by atoms with E-state index in [-0.39, 0.29) is 22.9 Å². The molecule has 0 saturated carbocycles. The molecule has 174 valence electrons. The van der Waals surface area contributed by atoms with Crippen LogP contribution in [0, 0.1) is 6.92 Å². The van der Waals surface area contributed by atoms with Crippen LogP contribution in [0.15, 0.2) is 83.1 Å². The Labute approximate surface area is 202 Å². The van der Waals surface area contributed by atoms with Gasteiger partial charge in [-0.15, -0.1) is 11.3 Å². The van der Waals surface area contributed by atoms with E-state index in [1.807, 2.05) is 35.7 Å². The lowest BCUT2D eigenvalue weighted by Gasteiger charge is -2.12. The molecule has 0 spiro atoms. The third-order valence-corrected chi connectivity index (χ3v) is 7.36. The second kappa shape index (κ2) is 10.1. The number of methoxy groups -OCH3 is 1. The molecule has 1 aromatic heterocycles. The summed E-state index contributed by atoms with van der Waals surface area (Å²) in [4.78, 5) is 17.4. The first kappa shape index (κ1) is 23.5. The topological polar surface area (TPSA) is 97.4 Å². The van der Waals surface area contributed by atoms with Crippen molar-refractivity contribution in [3.8, 4) is 17.0 Å². The third kappa shape index (κ3) is 5.44. The molecule has 3 aromatic carbocycles. The van der Waals surface area contributed by atoms with Gasteiger partial charge in [-0.05, 0) is 48.9 Å². The lowest BCUT2D eigenvalue weighted by molar-refractivity contribution is 0.0950. The van der Waals surface area contributed by atoms with Crippen molar-refractivity contribution in [3.63, 3.8) is 0 Å². The molecular weight excluding hydrogens is 470 g/mol. The van der Waals surface area contributed by atoms with E-state index in [2.05, 4.69) is 15.0 Å². The number of sulfonamides is 1. The summed E-state index contributed by atoms with van der Waals surface area (Å²) in [5, 5.41) is 5.55. The van der Waals surface area contributed by atoms with Gasteiger partial charge in [0, 0.05) is 22.2 Å². The van der Waals surface area contributed by atoms with Crippen molar-refractivity contribution in [2.45, 2.75) is 18.4 Å². The zero-order valence-corrected chi connectivity index (χ0v) is 20.2. The van der Waals surface area contributed by atoms with Crippen molar-refractivity contribution in [1.29, 1.82) is 0 Å². The maximum Gasteiger partial charge on any atom is 0.261 e. The summed E-state index contributed by atoms with van der Waals surface area (Å²) in [7, 11) is -2.34. The van der Waals surface area contributed by atoms with Gasteiger partial charge < -0.3 is 10.1 Å². The highest BCUT2D eigenvalue weighted by molar-refractivity contribution is 7.92. The molecule has 0 unspecified atom stereocenters. The molecule has 0 radical (unpaired) electrons. The molecule has 34 heavy (non-hydrogen) atoms. The fourth-order valence-corrected chi connectivity index (χ4v) is 5.10. The fraction of sp³-hybridized carbons (Fsp3) is 0.120. The SMILES string of the molecule is COc1ccc(NS(=O)(=O)c2ccc(C)c(C(=O)NCc3nc(-c4ccccc4)cs3)c2)cc1. The molecule has 4 rings (SSSR count). The summed E-state index contributed by atoms with van der Waals surface area (Å²) in [6.45, 7) is 2.01. The van der Waals surface area contributed by atoms with E-state index in [0.717, 1.165) is 16.3 Å². The van der Waals surface area contributed by atoms with E-state index in [1.165, 1.54) is 30.6 Å². The Morgan fingerprint density at radius 1 is 1.03 bits per heavy atom. The van der Waals surface area contributed by atoms with Gasteiger partial charge in [-0.3, -0.25) is 9.52 Å². The average molecular weight is 494 g/mol. The van der Waals surface area contributed by atoms with E-state index < -0.39 is 10.0 Å². The molecule has 9 heteroatoms. The van der Waals surface area contributed by atoms with Crippen molar-refractivity contribution >= 4 is 33.0 Å². The number of thiazole rings is 1. The van der Waals surface area contributed by atoms with Crippen molar-refractivity contribution < 1.29 is 17.9 Å². The molecule has 1 heterocycles. The Morgan fingerprint density at radius 3 is 2.47 bits per heavy atom. The summed E-state index contributed by atoms with van der Waals surface area (Å²) in [5.74, 6) is 0.254. The first-order valence-corrected chi connectivity index (χ1v) is 12.8. The van der Waals surface area contributed by atoms with E-state index in [1.54, 1.807) is 37.3 Å². The highest BCUT2D eigenvalue weighted by atomic mass is 32.2. The number of hydrogen-bond acceptors (Lipinski definition) is 6. The third-order valence-electron chi connectivity index (χ3n) is 5.13. The number of aromatic nitrogens is 1. The van der Waals surface area contributed by atoms with Crippen LogP contribution in [-0.2, 0) is 16.6 Å². The fourth-order valence-electron chi connectivity index (χ4n) is 3.27. The summed E-state index contributed by atoms with van der Waals surface area (Å²) >= 11 is 1.46. The number of ether oxygens (including phenoxy) is 1. The molecule has 0 fully saturated rings. The summed E-state index contributed by atoms with van der Waals surface area (Å²) in [6.07, 6.45) is 0. The lowest BCUT2D eigenvalue weighted by Crippen LogP contribution is -2.24. The van der Waals surface area contributed by atoms with Crippen LogP contribution in [0.25, 0.3) is 11.3 Å². The monoisotopic (exact) mass is 493 g/mol. The van der Waals surface area contributed by atoms with Crippen LogP contribution in [-0.4, -0.2) is 26.4 Å². The van der Waals surface area contributed by atoms with Gasteiger partial charge in [0.2, 0.25) is 0 Å². The Morgan fingerprint density at radius 2 is 1.76 bits per heavy atom. The zero-order chi connectivity index (χ0) is 24.1. The zero-order valence-electron chi connectivity index (χ0n) is 18.6. The van der Waals surface area contributed by atoms with Gasteiger partial charge in [-0.25, -0.2) is 13.4 Å². The van der Waals surface area contributed by atoms with Gasteiger partial charge in [-0.1, -0.05) is 36.4 Å². The molecule has 1 amide bonds. The molecule has 0 aliphatic rings. The highest BCUT2D eigenvalue weighted by Crippen LogP contribution is 2.23. The second-order valence-corrected chi connectivity index (χ2v) is 10.1. The minimum atomic E-state index is -3.88. The number of carbonyl (C=O) groups is 1. The summed E-state index contributed by atoms with van der Waals surface area (Å²) < 4.78 is 33.4. The maximum absolute atomic E-state index is 12.9. The first-order valence-electron chi connectivity index (χ1n) is 10.4. The van der Waals surface area contributed by atoms with E-state index in [4.69, 9.17) is 4.74 Å². The van der Waals surface area contributed by atoms with E-state index >= 15 is 0 Å². The smallest absolute Gasteiger partial charge is 0.261 e. The van der Waals surface area contributed by atoms with Crippen molar-refractivity contribution in [2.24, 2.45) is 0 Å². The van der Waals surface area contributed by atoms with Crippen molar-refractivity contribution in [1.82, 2.24) is 10.3 Å². The van der Waals surface area contributed by atoms with Crippen LogP contribution < -0.4 is 14.8 Å². The Bertz CT molecular complexity index is 1400. The molecular formula is C25H23N3O4S2. The number of nitrogens with zero attached hydrogens (tertiary/aromatic N) is 1. The van der Waals surface area contributed by atoms with E-state index in [9.17, 15) is 13.2 Å². The molecule has 2 N–H and O–H groups in total. The number of nitrogens with one attached hydrogen (secondary N) is 2. The molecule has 0 saturated heterocycles. The van der Waals surface area contributed by atoms with Crippen molar-refractivity contribution in [3.05, 3.63) is 94.3 Å². The van der Waals surface area contributed by atoms with Crippen LogP contribution >= 0.6 is 11.3 Å². The first-order chi connectivity index (χ1) is 16.4. The summed E-state index contributed by atoms with van der Waals surface area (Å²) in [5.41, 5.74) is 3.21. The summed E-state index contributed by atoms with van der Waals surface area (Å²) in [6, 6.07) is 20.8. The van der Waals surface area contributed by atoms with Gasteiger partial charge in [0.15, 0.2) is 0 Å². The predicted octanol–water partition coefficient (Wildman–Crippen LogP) is 4.86.